The lowest BCUT2D eigenvalue weighted by Crippen LogP contribution is -2.52. The van der Waals surface area contributed by atoms with E-state index < -0.39 is 0 Å². The zero-order valence-corrected chi connectivity index (χ0v) is 18.3. The molecule has 0 bridgehead atoms. The van der Waals surface area contributed by atoms with Gasteiger partial charge in [-0.15, -0.1) is 24.0 Å². The number of rotatable bonds is 4. The van der Waals surface area contributed by atoms with Crippen LogP contribution in [0.3, 0.4) is 0 Å². The highest BCUT2D eigenvalue weighted by molar-refractivity contribution is 14.0. The molecule has 5 nitrogen and oxygen atoms in total. The minimum Gasteiger partial charge on any atom is -0.366 e. The molecule has 0 spiro atoms. The second-order valence-electron chi connectivity index (χ2n) is 6.41. The van der Waals surface area contributed by atoms with Crippen molar-refractivity contribution < 1.29 is 4.39 Å². The highest BCUT2D eigenvalue weighted by atomic mass is 127. The van der Waals surface area contributed by atoms with Gasteiger partial charge in [-0.1, -0.05) is 24.3 Å². The number of aliphatic imine (C=N–C) groups is 1. The summed E-state index contributed by atoms with van der Waals surface area (Å²) in [6.07, 6.45) is 0. The number of para-hydroxylation sites is 1. The summed E-state index contributed by atoms with van der Waals surface area (Å²) in [5.74, 6) is 0.678. The average Bonchev–Trinajstić information content (AvgIpc) is 2.72. The van der Waals surface area contributed by atoms with Crippen LogP contribution in [0.4, 0.5) is 10.1 Å². The van der Waals surface area contributed by atoms with Crippen LogP contribution in [-0.4, -0.2) is 43.6 Å². The molecule has 0 aliphatic carbocycles. The van der Waals surface area contributed by atoms with Crippen LogP contribution in [0, 0.1) is 17.1 Å². The topological polar surface area (TPSA) is 54.7 Å². The smallest absolute Gasteiger partial charge is 0.194 e. The van der Waals surface area contributed by atoms with E-state index in [0.29, 0.717) is 17.8 Å². The molecule has 0 radical (unpaired) electrons. The van der Waals surface area contributed by atoms with Crippen molar-refractivity contribution in [3.8, 4) is 6.07 Å². The number of nitrogens with one attached hydrogen (secondary N) is 1. The Balaban J connectivity index is 0.00000280. The van der Waals surface area contributed by atoms with Crippen LogP contribution in [0.1, 0.15) is 18.1 Å². The van der Waals surface area contributed by atoms with Crippen LogP contribution in [0.25, 0.3) is 0 Å². The van der Waals surface area contributed by atoms with Gasteiger partial charge in [0.1, 0.15) is 5.82 Å². The fraction of sp³-hybridized carbons (Fsp3) is 0.333. The van der Waals surface area contributed by atoms with Crippen molar-refractivity contribution >= 4 is 35.6 Å². The van der Waals surface area contributed by atoms with Crippen molar-refractivity contribution in [2.75, 3.05) is 37.6 Å². The van der Waals surface area contributed by atoms with Gasteiger partial charge in [0.2, 0.25) is 0 Å². The van der Waals surface area contributed by atoms with E-state index >= 15 is 0 Å². The molecule has 1 N–H and O–H groups in total. The van der Waals surface area contributed by atoms with Crippen molar-refractivity contribution in [2.24, 2.45) is 4.99 Å². The zero-order chi connectivity index (χ0) is 19.1. The van der Waals surface area contributed by atoms with Crippen molar-refractivity contribution in [3.63, 3.8) is 0 Å². The number of nitrogens with zero attached hydrogens (tertiary/aromatic N) is 4. The van der Waals surface area contributed by atoms with E-state index in [2.05, 4.69) is 21.2 Å². The van der Waals surface area contributed by atoms with Crippen LogP contribution in [0.2, 0.25) is 0 Å². The molecule has 2 aromatic carbocycles. The summed E-state index contributed by atoms with van der Waals surface area (Å²) in [5.41, 5.74) is 2.31. The average molecular weight is 493 g/mol. The lowest BCUT2D eigenvalue weighted by atomic mass is 10.1. The first-order valence-corrected chi connectivity index (χ1v) is 9.23. The Hall–Kier alpha value is -2.34. The van der Waals surface area contributed by atoms with Crippen molar-refractivity contribution in [1.29, 1.82) is 5.26 Å². The first-order valence-electron chi connectivity index (χ1n) is 9.23. The van der Waals surface area contributed by atoms with Crippen molar-refractivity contribution in [2.45, 2.75) is 13.5 Å². The molecule has 1 aliphatic rings. The summed E-state index contributed by atoms with van der Waals surface area (Å²) in [4.78, 5) is 9.01. The predicted molar refractivity (Wildman–Crippen MR) is 122 cm³/mol. The summed E-state index contributed by atoms with van der Waals surface area (Å²) < 4.78 is 14.0. The number of piperazine rings is 1. The summed E-state index contributed by atoms with van der Waals surface area (Å²) in [5, 5.41) is 12.4. The van der Waals surface area contributed by atoms with Gasteiger partial charge in [0.15, 0.2) is 5.96 Å². The van der Waals surface area contributed by atoms with Crippen LogP contribution in [0.5, 0.6) is 0 Å². The Morgan fingerprint density at radius 3 is 2.57 bits per heavy atom. The number of hydrogen-bond donors (Lipinski definition) is 1. The summed E-state index contributed by atoms with van der Waals surface area (Å²) in [7, 11) is 0. The third kappa shape index (κ3) is 5.58. The second-order valence-corrected chi connectivity index (χ2v) is 6.41. The quantitative estimate of drug-likeness (QED) is 0.402. The molecule has 3 rings (SSSR count). The fourth-order valence-corrected chi connectivity index (χ4v) is 3.20. The highest BCUT2D eigenvalue weighted by Crippen LogP contribution is 2.20. The molecule has 0 aromatic heterocycles. The summed E-state index contributed by atoms with van der Waals surface area (Å²) >= 11 is 0. The van der Waals surface area contributed by atoms with Gasteiger partial charge in [-0.2, -0.15) is 5.26 Å². The Morgan fingerprint density at radius 2 is 1.89 bits per heavy atom. The maximum atomic E-state index is 14.0. The largest absolute Gasteiger partial charge is 0.366 e. The zero-order valence-electron chi connectivity index (χ0n) is 15.9. The predicted octanol–water partition coefficient (Wildman–Crippen LogP) is 3.60. The Labute approximate surface area is 182 Å². The SMILES string of the molecule is CCNC(=NCc1cccc(C#N)c1)N1CCN(c2ccccc2F)CC1.I. The van der Waals surface area contributed by atoms with Gasteiger partial charge in [-0.05, 0) is 36.8 Å². The van der Waals surface area contributed by atoms with Gasteiger partial charge < -0.3 is 15.1 Å². The molecule has 1 aliphatic heterocycles. The van der Waals surface area contributed by atoms with Gasteiger partial charge >= 0.3 is 0 Å². The lowest BCUT2D eigenvalue weighted by molar-refractivity contribution is 0.370. The van der Waals surface area contributed by atoms with E-state index in [0.717, 1.165) is 44.2 Å². The summed E-state index contributed by atoms with van der Waals surface area (Å²) in [6.45, 7) is 6.39. The molecule has 7 heteroatoms. The third-order valence-electron chi connectivity index (χ3n) is 4.57. The molecule has 1 fully saturated rings. The minimum absolute atomic E-state index is 0. The van der Waals surface area contributed by atoms with Crippen LogP contribution in [-0.2, 0) is 6.54 Å². The van der Waals surface area contributed by atoms with Crippen LogP contribution >= 0.6 is 24.0 Å². The molecular formula is C21H25FIN5. The number of hydrogen-bond acceptors (Lipinski definition) is 3. The van der Waals surface area contributed by atoms with E-state index in [4.69, 9.17) is 10.3 Å². The highest BCUT2D eigenvalue weighted by Gasteiger charge is 2.21. The van der Waals surface area contributed by atoms with Gasteiger partial charge in [-0.3, -0.25) is 0 Å². The number of nitriles is 1. The Bertz CT molecular complexity index is 841. The summed E-state index contributed by atoms with van der Waals surface area (Å²) in [6, 6.07) is 16.6. The second kappa shape index (κ2) is 10.9. The number of guanidine groups is 1. The number of halogens is 2. The first-order chi connectivity index (χ1) is 13.2. The van der Waals surface area contributed by atoms with Gasteiger partial charge in [0.05, 0.1) is 23.9 Å². The Kier molecular flexibility index (Phi) is 8.51. The lowest BCUT2D eigenvalue weighted by Gasteiger charge is -2.37. The van der Waals surface area contributed by atoms with Crippen molar-refractivity contribution in [1.82, 2.24) is 10.2 Å². The molecule has 0 saturated carbocycles. The van der Waals surface area contributed by atoms with Crippen LogP contribution in [0.15, 0.2) is 53.5 Å². The maximum absolute atomic E-state index is 14.0. The van der Waals surface area contributed by atoms with E-state index in [1.54, 1.807) is 12.1 Å². The van der Waals surface area contributed by atoms with E-state index in [9.17, 15) is 4.39 Å². The van der Waals surface area contributed by atoms with E-state index in [1.165, 1.54) is 6.07 Å². The third-order valence-corrected chi connectivity index (χ3v) is 4.57. The molecule has 1 heterocycles. The normalized spacial score (nSPS) is 14.2. The first kappa shape index (κ1) is 22.0. The monoisotopic (exact) mass is 493 g/mol. The molecule has 0 atom stereocenters. The van der Waals surface area contributed by atoms with Crippen LogP contribution < -0.4 is 10.2 Å². The van der Waals surface area contributed by atoms with E-state index in [1.807, 2.05) is 37.3 Å². The van der Waals surface area contributed by atoms with Gasteiger partial charge in [0.25, 0.3) is 0 Å². The van der Waals surface area contributed by atoms with Gasteiger partial charge in [-0.25, -0.2) is 9.38 Å². The number of benzene rings is 2. The van der Waals surface area contributed by atoms with Crippen molar-refractivity contribution in [3.05, 3.63) is 65.5 Å². The minimum atomic E-state index is -0.177. The Morgan fingerprint density at radius 1 is 1.14 bits per heavy atom. The standard InChI is InChI=1S/C21H24FN5.HI/c1-2-24-21(25-16-18-7-5-6-17(14-18)15-23)27-12-10-26(11-13-27)20-9-4-3-8-19(20)22;/h3-9,14H,2,10-13,16H2,1H3,(H,24,25);1H. The fourth-order valence-electron chi connectivity index (χ4n) is 3.20. The maximum Gasteiger partial charge on any atom is 0.194 e. The molecule has 0 unspecified atom stereocenters. The molecule has 1 saturated heterocycles. The molecule has 0 amide bonds. The molecular weight excluding hydrogens is 468 g/mol. The van der Waals surface area contributed by atoms with E-state index in [-0.39, 0.29) is 29.8 Å². The van der Waals surface area contributed by atoms with Gasteiger partial charge in [0, 0.05) is 32.7 Å². The molecule has 2 aromatic rings. The number of anilines is 1. The molecule has 148 valence electrons. The molecule has 28 heavy (non-hydrogen) atoms.